The van der Waals surface area contributed by atoms with Crippen LogP contribution in [-0.4, -0.2) is 36.2 Å². The molecule has 0 aromatic carbocycles. The zero-order chi connectivity index (χ0) is 8.10. The fraction of sp³-hybridized carbons (Fsp3) is 0.778. The first kappa shape index (κ1) is 8.75. The smallest absolute Gasteiger partial charge is 0.0434 e. The molecule has 11 heavy (non-hydrogen) atoms. The van der Waals surface area contributed by atoms with Crippen molar-refractivity contribution in [3.05, 3.63) is 12.2 Å². The van der Waals surface area contributed by atoms with Gasteiger partial charge in [-0.05, 0) is 12.3 Å². The Morgan fingerprint density at radius 3 is 2.64 bits per heavy atom. The summed E-state index contributed by atoms with van der Waals surface area (Å²) in [5.74, 6) is 0.625. The lowest BCUT2D eigenvalue weighted by molar-refractivity contribution is 0.228. The molecule has 0 amide bonds. The van der Waals surface area contributed by atoms with E-state index in [1.807, 2.05) is 0 Å². The van der Waals surface area contributed by atoms with Gasteiger partial charge in [0.05, 0.1) is 0 Å². The van der Waals surface area contributed by atoms with Crippen LogP contribution in [0.25, 0.3) is 0 Å². The second kappa shape index (κ2) is 4.52. The summed E-state index contributed by atoms with van der Waals surface area (Å²) >= 11 is 0. The third kappa shape index (κ3) is 3.04. The van der Waals surface area contributed by atoms with Crippen LogP contribution >= 0.6 is 0 Å². The lowest BCUT2D eigenvalue weighted by atomic mass is 10.1. The van der Waals surface area contributed by atoms with Crippen LogP contribution in [0.1, 0.15) is 13.3 Å². The van der Waals surface area contributed by atoms with Crippen LogP contribution in [-0.2, 0) is 0 Å². The van der Waals surface area contributed by atoms with Crippen molar-refractivity contribution in [3.8, 4) is 0 Å². The minimum absolute atomic E-state index is 0.322. The van der Waals surface area contributed by atoms with Crippen molar-refractivity contribution in [2.75, 3.05) is 26.2 Å². The van der Waals surface area contributed by atoms with Crippen LogP contribution in [0.15, 0.2) is 12.2 Å². The zero-order valence-electron chi connectivity index (χ0n) is 7.16. The SMILES string of the molecule is CC(CCO)CN1CC=CC1. The van der Waals surface area contributed by atoms with Crippen molar-refractivity contribution in [3.63, 3.8) is 0 Å². The highest BCUT2D eigenvalue weighted by Gasteiger charge is 2.09. The normalized spacial score (nSPS) is 20.9. The second-order valence-electron chi connectivity index (χ2n) is 3.31. The van der Waals surface area contributed by atoms with Crippen LogP contribution in [0.4, 0.5) is 0 Å². The van der Waals surface area contributed by atoms with Crippen molar-refractivity contribution in [1.82, 2.24) is 4.90 Å². The molecule has 64 valence electrons. The molecule has 0 spiro atoms. The number of aliphatic hydroxyl groups excluding tert-OH is 1. The number of hydrogen-bond donors (Lipinski definition) is 1. The third-order valence-electron chi connectivity index (χ3n) is 2.09. The molecule has 2 nitrogen and oxygen atoms in total. The van der Waals surface area contributed by atoms with Gasteiger partial charge in [0.2, 0.25) is 0 Å². The Morgan fingerprint density at radius 1 is 1.45 bits per heavy atom. The summed E-state index contributed by atoms with van der Waals surface area (Å²) in [6, 6.07) is 0. The molecule has 1 atom stereocenters. The molecule has 2 heteroatoms. The molecule has 1 unspecified atom stereocenters. The highest BCUT2D eigenvalue weighted by atomic mass is 16.3. The lowest BCUT2D eigenvalue weighted by Crippen LogP contribution is -2.26. The van der Waals surface area contributed by atoms with Gasteiger partial charge in [0, 0.05) is 26.2 Å². The molecule has 0 aromatic heterocycles. The van der Waals surface area contributed by atoms with E-state index in [-0.39, 0.29) is 0 Å². The van der Waals surface area contributed by atoms with Crippen molar-refractivity contribution in [1.29, 1.82) is 0 Å². The predicted octanol–water partition coefficient (Wildman–Crippen LogP) is 0.877. The van der Waals surface area contributed by atoms with Crippen LogP contribution < -0.4 is 0 Å². The van der Waals surface area contributed by atoms with E-state index >= 15 is 0 Å². The monoisotopic (exact) mass is 155 g/mol. The maximum absolute atomic E-state index is 8.68. The van der Waals surface area contributed by atoms with Crippen LogP contribution in [0.3, 0.4) is 0 Å². The average Bonchev–Trinajstić information content (AvgIpc) is 2.40. The van der Waals surface area contributed by atoms with Crippen molar-refractivity contribution < 1.29 is 5.11 Å². The van der Waals surface area contributed by atoms with Gasteiger partial charge in [0.1, 0.15) is 0 Å². The molecule has 1 aliphatic rings. The van der Waals surface area contributed by atoms with Crippen molar-refractivity contribution in [2.24, 2.45) is 5.92 Å². The van der Waals surface area contributed by atoms with Crippen molar-refractivity contribution >= 4 is 0 Å². The minimum Gasteiger partial charge on any atom is -0.396 e. The Bertz CT molecular complexity index is 126. The number of aliphatic hydroxyl groups is 1. The fourth-order valence-electron chi connectivity index (χ4n) is 1.42. The first-order valence-corrected chi connectivity index (χ1v) is 4.31. The molecule has 0 aliphatic carbocycles. The summed E-state index contributed by atoms with van der Waals surface area (Å²) in [7, 11) is 0. The van der Waals surface area contributed by atoms with Gasteiger partial charge < -0.3 is 5.11 Å². The van der Waals surface area contributed by atoms with E-state index in [1.54, 1.807) is 0 Å². The van der Waals surface area contributed by atoms with E-state index < -0.39 is 0 Å². The molecule has 1 N–H and O–H groups in total. The fourth-order valence-corrected chi connectivity index (χ4v) is 1.42. The molecule has 0 saturated carbocycles. The van der Waals surface area contributed by atoms with E-state index in [4.69, 9.17) is 5.11 Å². The first-order valence-electron chi connectivity index (χ1n) is 4.31. The Labute approximate surface area is 68.5 Å². The Balaban J connectivity index is 2.09. The summed E-state index contributed by atoms with van der Waals surface area (Å²) in [6.07, 6.45) is 5.33. The maximum Gasteiger partial charge on any atom is 0.0434 e. The minimum atomic E-state index is 0.322. The van der Waals surface area contributed by atoms with E-state index in [9.17, 15) is 0 Å². The molecule has 1 heterocycles. The molecular weight excluding hydrogens is 138 g/mol. The topological polar surface area (TPSA) is 23.5 Å². The van der Waals surface area contributed by atoms with E-state index in [2.05, 4.69) is 24.0 Å². The van der Waals surface area contributed by atoms with Crippen molar-refractivity contribution in [2.45, 2.75) is 13.3 Å². The highest BCUT2D eigenvalue weighted by molar-refractivity contribution is 4.95. The Kier molecular flexibility index (Phi) is 3.60. The van der Waals surface area contributed by atoms with Gasteiger partial charge in [-0.25, -0.2) is 0 Å². The molecule has 0 fully saturated rings. The van der Waals surface area contributed by atoms with Gasteiger partial charge in [0.15, 0.2) is 0 Å². The first-order chi connectivity index (χ1) is 5.33. The van der Waals surface area contributed by atoms with Crippen LogP contribution in [0, 0.1) is 5.92 Å². The zero-order valence-corrected chi connectivity index (χ0v) is 7.16. The van der Waals surface area contributed by atoms with E-state index in [0.717, 1.165) is 26.1 Å². The molecular formula is C9H17NO. The molecule has 0 bridgehead atoms. The summed E-state index contributed by atoms with van der Waals surface area (Å²) < 4.78 is 0. The largest absolute Gasteiger partial charge is 0.396 e. The van der Waals surface area contributed by atoms with E-state index in [0.29, 0.717) is 12.5 Å². The van der Waals surface area contributed by atoms with Gasteiger partial charge in [0.25, 0.3) is 0 Å². The standard InChI is InChI=1S/C9H17NO/c1-9(4-7-11)8-10-5-2-3-6-10/h2-3,9,11H,4-8H2,1H3. The van der Waals surface area contributed by atoms with Gasteiger partial charge >= 0.3 is 0 Å². The Hall–Kier alpha value is -0.340. The third-order valence-corrected chi connectivity index (χ3v) is 2.09. The number of rotatable bonds is 4. The molecule has 1 aliphatic heterocycles. The van der Waals surface area contributed by atoms with Gasteiger partial charge in [-0.15, -0.1) is 0 Å². The summed E-state index contributed by atoms with van der Waals surface area (Å²) in [5, 5.41) is 8.68. The highest BCUT2D eigenvalue weighted by Crippen LogP contribution is 2.07. The molecule has 0 saturated heterocycles. The summed E-state index contributed by atoms with van der Waals surface area (Å²) in [4.78, 5) is 2.39. The van der Waals surface area contributed by atoms with Gasteiger partial charge in [-0.1, -0.05) is 19.1 Å². The molecule has 1 rings (SSSR count). The molecule has 0 radical (unpaired) electrons. The quantitative estimate of drug-likeness (QED) is 0.609. The van der Waals surface area contributed by atoms with E-state index in [1.165, 1.54) is 0 Å². The van der Waals surface area contributed by atoms with Gasteiger partial charge in [-0.3, -0.25) is 4.90 Å². The lowest BCUT2D eigenvalue weighted by Gasteiger charge is -2.19. The van der Waals surface area contributed by atoms with Gasteiger partial charge in [-0.2, -0.15) is 0 Å². The Morgan fingerprint density at radius 2 is 2.09 bits per heavy atom. The van der Waals surface area contributed by atoms with Crippen LogP contribution in [0.5, 0.6) is 0 Å². The molecule has 0 aromatic rings. The summed E-state index contributed by atoms with van der Waals surface area (Å²) in [5.41, 5.74) is 0. The van der Waals surface area contributed by atoms with Crippen LogP contribution in [0.2, 0.25) is 0 Å². The number of nitrogens with zero attached hydrogens (tertiary/aromatic N) is 1. The predicted molar refractivity (Wildman–Crippen MR) is 46.4 cm³/mol. The average molecular weight is 155 g/mol. The number of hydrogen-bond acceptors (Lipinski definition) is 2. The maximum atomic E-state index is 8.68. The summed E-state index contributed by atoms with van der Waals surface area (Å²) in [6.45, 7) is 5.82. The second-order valence-corrected chi connectivity index (χ2v) is 3.31.